The van der Waals surface area contributed by atoms with Crippen molar-refractivity contribution in [3.63, 3.8) is 0 Å². The van der Waals surface area contributed by atoms with Crippen molar-refractivity contribution in [2.45, 2.75) is 52.7 Å². The Labute approximate surface area is 161 Å². The molecule has 0 saturated carbocycles. The highest BCUT2D eigenvalue weighted by atomic mass is 16.6. The molecule has 1 aromatic rings. The number of benzene rings is 1. The van der Waals surface area contributed by atoms with Gasteiger partial charge < -0.3 is 24.8 Å². The van der Waals surface area contributed by atoms with E-state index in [1.807, 2.05) is 32.0 Å². The highest BCUT2D eigenvalue weighted by Crippen LogP contribution is 2.27. The molecule has 2 N–H and O–H groups in total. The van der Waals surface area contributed by atoms with Crippen molar-refractivity contribution in [1.29, 1.82) is 0 Å². The van der Waals surface area contributed by atoms with Crippen LogP contribution in [0.25, 0.3) is 0 Å². The van der Waals surface area contributed by atoms with Gasteiger partial charge in [0.15, 0.2) is 11.5 Å². The van der Waals surface area contributed by atoms with E-state index in [-0.39, 0.29) is 11.8 Å². The van der Waals surface area contributed by atoms with E-state index in [1.165, 1.54) is 0 Å². The summed E-state index contributed by atoms with van der Waals surface area (Å²) in [6, 6.07) is 4.97. The van der Waals surface area contributed by atoms with Gasteiger partial charge in [-0.05, 0) is 50.8 Å². The van der Waals surface area contributed by atoms with Crippen molar-refractivity contribution in [3.8, 4) is 11.5 Å². The minimum Gasteiger partial charge on any atom is -0.493 e. The van der Waals surface area contributed by atoms with Crippen molar-refractivity contribution < 1.29 is 23.8 Å². The van der Waals surface area contributed by atoms with E-state index >= 15 is 0 Å². The normalized spacial score (nSPS) is 12.3. The fourth-order valence-corrected chi connectivity index (χ4v) is 2.45. The summed E-state index contributed by atoms with van der Waals surface area (Å²) in [5, 5.41) is 5.51. The topological polar surface area (TPSA) is 85.9 Å². The van der Waals surface area contributed by atoms with Gasteiger partial charge in [0.25, 0.3) is 0 Å². The number of carbonyl (C=O) groups excluding carboxylic acids is 2. The highest BCUT2D eigenvalue weighted by molar-refractivity contribution is 5.85. The third-order valence-electron chi connectivity index (χ3n) is 3.78. The number of rotatable bonds is 8. The van der Waals surface area contributed by atoms with Crippen LogP contribution in [0.15, 0.2) is 18.2 Å². The summed E-state index contributed by atoms with van der Waals surface area (Å²) in [5.74, 6) is 0.995. The van der Waals surface area contributed by atoms with Crippen molar-refractivity contribution in [2.24, 2.45) is 5.92 Å². The third-order valence-corrected chi connectivity index (χ3v) is 3.78. The summed E-state index contributed by atoms with van der Waals surface area (Å²) in [5.41, 5.74) is 0.393. The molecule has 0 saturated heterocycles. The van der Waals surface area contributed by atoms with Crippen LogP contribution in [-0.2, 0) is 16.0 Å². The number of amides is 2. The first-order valence-electron chi connectivity index (χ1n) is 9.05. The lowest BCUT2D eigenvalue weighted by atomic mass is 10.0. The highest BCUT2D eigenvalue weighted by Gasteiger charge is 2.26. The number of alkyl carbamates (subject to hydrolysis) is 1. The van der Waals surface area contributed by atoms with Crippen molar-refractivity contribution in [2.75, 3.05) is 20.8 Å². The van der Waals surface area contributed by atoms with Crippen LogP contribution in [0.5, 0.6) is 11.5 Å². The van der Waals surface area contributed by atoms with Crippen LogP contribution >= 0.6 is 0 Å². The molecule has 0 aliphatic rings. The van der Waals surface area contributed by atoms with Crippen LogP contribution in [0, 0.1) is 5.92 Å². The summed E-state index contributed by atoms with van der Waals surface area (Å²) in [4.78, 5) is 24.4. The molecule has 0 heterocycles. The third kappa shape index (κ3) is 7.76. The summed E-state index contributed by atoms with van der Waals surface area (Å²) in [7, 11) is 3.17. The van der Waals surface area contributed by atoms with Crippen LogP contribution in [0.3, 0.4) is 0 Å². The maximum atomic E-state index is 12.5. The second-order valence-electron chi connectivity index (χ2n) is 7.60. The molecule has 7 nitrogen and oxygen atoms in total. The maximum absolute atomic E-state index is 12.5. The predicted octanol–water partition coefficient (Wildman–Crippen LogP) is 2.91. The molecule has 0 spiro atoms. The molecule has 152 valence electrons. The Balaban J connectivity index is 2.61. The van der Waals surface area contributed by atoms with Gasteiger partial charge in [0, 0.05) is 6.54 Å². The Bertz CT molecular complexity index is 638. The fourth-order valence-electron chi connectivity index (χ4n) is 2.45. The maximum Gasteiger partial charge on any atom is 0.408 e. The molecular weight excluding hydrogens is 348 g/mol. The minimum atomic E-state index is -0.662. The molecule has 1 atom stereocenters. The van der Waals surface area contributed by atoms with Crippen molar-refractivity contribution in [3.05, 3.63) is 23.8 Å². The number of hydrogen-bond donors (Lipinski definition) is 2. The van der Waals surface area contributed by atoms with E-state index in [4.69, 9.17) is 14.2 Å². The molecule has 0 aliphatic heterocycles. The summed E-state index contributed by atoms with van der Waals surface area (Å²) in [6.07, 6.45) is 0.0276. The van der Waals surface area contributed by atoms with Gasteiger partial charge in [-0.2, -0.15) is 0 Å². The Morgan fingerprint density at radius 2 is 1.70 bits per heavy atom. The zero-order chi connectivity index (χ0) is 20.6. The first-order chi connectivity index (χ1) is 12.6. The van der Waals surface area contributed by atoms with Crippen LogP contribution in [-0.4, -0.2) is 44.4 Å². The van der Waals surface area contributed by atoms with Crippen LogP contribution in [0.4, 0.5) is 4.79 Å². The average molecular weight is 380 g/mol. The molecule has 27 heavy (non-hydrogen) atoms. The molecule has 2 amide bonds. The van der Waals surface area contributed by atoms with Gasteiger partial charge in [-0.1, -0.05) is 19.9 Å². The smallest absolute Gasteiger partial charge is 0.408 e. The Morgan fingerprint density at radius 1 is 1.07 bits per heavy atom. The zero-order valence-electron chi connectivity index (χ0n) is 17.3. The van der Waals surface area contributed by atoms with Gasteiger partial charge >= 0.3 is 6.09 Å². The van der Waals surface area contributed by atoms with E-state index in [0.717, 1.165) is 5.56 Å². The number of methoxy groups -OCH3 is 2. The Hall–Kier alpha value is -2.44. The summed E-state index contributed by atoms with van der Waals surface area (Å²) >= 11 is 0. The second kappa shape index (κ2) is 10.0. The van der Waals surface area contributed by atoms with Gasteiger partial charge in [-0.15, -0.1) is 0 Å². The molecule has 1 rings (SSSR count). The molecule has 0 bridgehead atoms. The molecule has 0 fully saturated rings. The first kappa shape index (κ1) is 22.6. The zero-order valence-corrected chi connectivity index (χ0v) is 17.3. The summed E-state index contributed by atoms with van der Waals surface area (Å²) in [6.45, 7) is 9.51. The first-order valence-corrected chi connectivity index (χ1v) is 9.05. The number of nitrogens with one attached hydrogen (secondary N) is 2. The van der Waals surface area contributed by atoms with Crippen LogP contribution in [0.1, 0.15) is 40.2 Å². The SMILES string of the molecule is COc1ccc(CCNC(=O)C(NC(=O)OC(C)(C)C)C(C)C)cc1OC. The van der Waals surface area contributed by atoms with E-state index in [0.29, 0.717) is 24.5 Å². The van der Waals surface area contributed by atoms with E-state index in [1.54, 1.807) is 35.0 Å². The molecule has 1 aromatic carbocycles. The van der Waals surface area contributed by atoms with Crippen LogP contribution < -0.4 is 20.1 Å². The fraction of sp³-hybridized carbons (Fsp3) is 0.600. The molecule has 7 heteroatoms. The molecule has 0 aromatic heterocycles. The van der Waals surface area contributed by atoms with Gasteiger partial charge in [-0.25, -0.2) is 4.79 Å². The van der Waals surface area contributed by atoms with E-state index < -0.39 is 17.7 Å². The average Bonchev–Trinajstić information content (AvgIpc) is 2.57. The van der Waals surface area contributed by atoms with Gasteiger partial charge in [0.2, 0.25) is 5.91 Å². The van der Waals surface area contributed by atoms with Gasteiger partial charge in [0.1, 0.15) is 11.6 Å². The van der Waals surface area contributed by atoms with Crippen LogP contribution in [0.2, 0.25) is 0 Å². The number of ether oxygens (including phenoxy) is 3. The monoisotopic (exact) mass is 380 g/mol. The van der Waals surface area contributed by atoms with Crippen molar-refractivity contribution in [1.82, 2.24) is 10.6 Å². The minimum absolute atomic E-state index is 0.0707. The standard InChI is InChI=1S/C20H32N2O5/c1-13(2)17(22-19(24)27-20(3,4)5)18(23)21-11-10-14-8-9-15(25-6)16(12-14)26-7/h8-9,12-13,17H,10-11H2,1-7H3,(H,21,23)(H,22,24). The van der Waals surface area contributed by atoms with E-state index in [9.17, 15) is 9.59 Å². The summed E-state index contributed by atoms with van der Waals surface area (Å²) < 4.78 is 15.7. The lowest BCUT2D eigenvalue weighted by Gasteiger charge is -2.25. The molecular formula is C20H32N2O5. The largest absolute Gasteiger partial charge is 0.493 e. The lowest BCUT2D eigenvalue weighted by molar-refractivity contribution is -0.124. The predicted molar refractivity (Wildman–Crippen MR) is 104 cm³/mol. The van der Waals surface area contributed by atoms with E-state index in [2.05, 4.69) is 10.6 Å². The number of hydrogen-bond acceptors (Lipinski definition) is 5. The van der Waals surface area contributed by atoms with Gasteiger partial charge in [0.05, 0.1) is 14.2 Å². The molecule has 0 aliphatic carbocycles. The molecule has 0 radical (unpaired) electrons. The van der Waals surface area contributed by atoms with Gasteiger partial charge in [-0.3, -0.25) is 4.79 Å². The Kier molecular flexibility index (Phi) is 8.40. The lowest BCUT2D eigenvalue weighted by Crippen LogP contribution is -2.51. The quantitative estimate of drug-likeness (QED) is 0.724. The van der Waals surface area contributed by atoms with Crippen molar-refractivity contribution >= 4 is 12.0 Å². The molecule has 1 unspecified atom stereocenters. The second-order valence-corrected chi connectivity index (χ2v) is 7.60. The Morgan fingerprint density at radius 3 is 2.22 bits per heavy atom. The number of carbonyl (C=O) groups is 2.